The molecule has 0 unspecified atom stereocenters. The van der Waals surface area contributed by atoms with Gasteiger partial charge in [-0.2, -0.15) is 0 Å². The van der Waals surface area contributed by atoms with Crippen molar-refractivity contribution in [2.45, 2.75) is 39.5 Å². The maximum Gasteiger partial charge on any atom is 0.340 e. The van der Waals surface area contributed by atoms with Crippen LogP contribution in [0.3, 0.4) is 0 Å². The van der Waals surface area contributed by atoms with Gasteiger partial charge in [-0.3, -0.25) is 4.79 Å². The number of carboxylic acids is 1. The quantitative estimate of drug-likeness (QED) is 0.559. The van der Waals surface area contributed by atoms with Gasteiger partial charge < -0.3 is 14.7 Å². The van der Waals surface area contributed by atoms with E-state index in [0.29, 0.717) is 12.1 Å². The maximum atomic E-state index is 11.9. The molecule has 0 aliphatic carbocycles. The standard InChI is InChI=1S/C15H23NO4S/c1-4-5-6-8-16(9-7-13(17)18)14-12(15(19)20-3)10-11(2)21-14/h10H,4-9H2,1-3H3,(H,17,18). The molecule has 118 valence electrons. The lowest BCUT2D eigenvalue weighted by Gasteiger charge is -2.23. The Kier molecular flexibility index (Phi) is 7.22. The highest BCUT2D eigenvalue weighted by atomic mass is 32.1. The lowest BCUT2D eigenvalue weighted by atomic mass is 10.2. The highest BCUT2D eigenvalue weighted by Crippen LogP contribution is 2.32. The molecule has 0 spiro atoms. The molecule has 0 aromatic carbocycles. The molecule has 0 saturated heterocycles. The molecule has 0 fully saturated rings. The van der Waals surface area contributed by atoms with E-state index in [1.54, 1.807) is 6.07 Å². The Morgan fingerprint density at radius 2 is 2.05 bits per heavy atom. The molecule has 1 aromatic heterocycles. The molecular weight excluding hydrogens is 290 g/mol. The molecule has 1 N–H and O–H groups in total. The van der Waals surface area contributed by atoms with Crippen LogP contribution in [-0.2, 0) is 9.53 Å². The SMILES string of the molecule is CCCCCN(CCC(=O)O)c1sc(C)cc1C(=O)OC. The zero-order valence-electron chi connectivity index (χ0n) is 12.8. The monoisotopic (exact) mass is 313 g/mol. The molecule has 1 rings (SSSR count). The summed E-state index contributed by atoms with van der Waals surface area (Å²) in [4.78, 5) is 25.7. The van der Waals surface area contributed by atoms with Crippen LogP contribution in [0.5, 0.6) is 0 Å². The van der Waals surface area contributed by atoms with Gasteiger partial charge in [-0.05, 0) is 19.4 Å². The summed E-state index contributed by atoms with van der Waals surface area (Å²) in [7, 11) is 1.36. The summed E-state index contributed by atoms with van der Waals surface area (Å²) in [6.07, 6.45) is 3.22. The van der Waals surface area contributed by atoms with Crippen molar-refractivity contribution in [2.24, 2.45) is 0 Å². The van der Waals surface area contributed by atoms with Crippen molar-refractivity contribution in [3.8, 4) is 0 Å². The smallest absolute Gasteiger partial charge is 0.340 e. The highest BCUT2D eigenvalue weighted by molar-refractivity contribution is 7.16. The molecule has 0 atom stereocenters. The van der Waals surface area contributed by atoms with Crippen molar-refractivity contribution >= 4 is 28.3 Å². The predicted octanol–water partition coefficient (Wildman–Crippen LogP) is 3.31. The predicted molar refractivity (Wildman–Crippen MR) is 84.4 cm³/mol. The summed E-state index contributed by atoms with van der Waals surface area (Å²) < 4.78 is 4.82. The number of esters is 1. The van der Waals surface area contributed by atoms with E-state index in [9.17, 15) is 9.59 Å². The van der Waals surface area contributed by atoms with Crippen molar-refractivity contribution in [1.82, 2.24) is 0 Å². The van der Waals surface area contributed by atoms with Crippen molar-refractivity contribution in [3.63, 3.8) is 0 Å². The first kappa shape index (κ1) is 17.5. The summed E-state index contributed by atoms with van der Waals surface area (Å²) in [5.41, 5.74) is 0.530. The number of aliphatic carboxylic acids is 1. The zero-order valence-corrected chi connectivity index (χ0v) is 13.7. The molecule has 0 saturated carbocycles. The van der Waals surface area contributed by atoms with E-state index in [2.05, 4.69) is 6.92 Å². The van der Waals surface area contributed by atoms with E-state index in [0.717, 1.165) is 35.7 Å². The lowest BCUT2D eigenvalue weighted by Crippen LogP contribution is -2.28. The first-order chi connectivity index (χ1) is 9.99. The summed E-state index contributed by atoms with van der Waals surface area (Å²) in [5.74, 6) is -1.20. The van der Waals surface area contributed by atoms with Crippen LogP contribution in [0.25, 0.3) is 0 Å². The normalized spacial score (nSPS) is 10.4. The Morgan fingerprint density at radius 3 is 2.62 bits per heavy atom. The van der Waals surface area contributed by atoms with Crippen LogP contribution in [0.15, 0.2) is 6.07 Å². The molecule has 0 bridgehead atoms. The number of anilines is 1. The van der Waals surface area contributed by atoms with Gasteiger partial charge in [-0.15, -0.1) is 11.3 Å². The summed E-state index contributed by atoms with van der Waals surface area (Å²) in [5, 5.41) is 9.71. The number of ether oxygens (including phenoxy) is 1. The molecule has 0 radical (unpaired) electrons. The molecule has 21 heavy (non-hydrogen) atoms. The molecular formula is C15H23NO4S. The number of unbranched alkanes of at least 4 members (excludes halogenated alkanes) is 2. The minimum atomic E-state index is -0.830. The molecule has 0 aliphatic heterocycles. The van der Waals surface area contributed by atoms with Crippen LogP contribution in [0.4, 0.5) is 5.00 Å². The highest BCUT2D eigenvalue weighted by Gasteiger charge is 2.20. The average Bonchev–Trinajstić information content (AvgIpc) is 2.83. The third-order valence-electron chi connectivity index (χ3n) is 3.16. The van der Waals surface area contributed by atoms with Gasteiger partial charge in [0.25, 0.3) is 0 Å². The number of hydrogen-bond acceptors (Lipinski definition) is 5. The van der Waals surface area contributed by atoms with E-state index in [-0.39, 0.29) is 12.4 Å². The lowest BCUT2D eigenvalue weighted by molar-refractivity contribution is -0.136. The van der Waals surface area contributed by atoms with Crippen LogP contribution in [0.1, 0.15) is 47.8 Å². The minimum absolute atomic E-state index is 0.0592. The van der Waals surface area contributed by atoms with E-state index in [1.165, 1.54) is 18.4 Å². The van der Waals surface area contributed by atoms with Gasteiger partial charge in [0.1, 0.15) is 5.00 Å². The van der Waals surface area contributed by atoms with E-state index < -0.39 is 5.97 Å². The Hall–Kier alpha value is -1.56. The molecule has 6 heteroatoms. The first-order valence-electron chi connectivity index (χ1n) is 7.15. The Bertz CT molecular complexity index is 484. The van der Waals surface area contributed by atoms with Crippen LogP contribution >= 0.6 is 11.3 Å². The fraction of sp³-hybridized carbons (Fsp3) is 0.600. The Balaban J connectivity index is 2.94. The summed E-state index contributed by atoms with van der Waals surface area (Å²) in [6, 6.07) is 1.80. The largest absolute Gasteiger partial charge is 0.481 e. The number of carbonyl (C=O) groups excluding carboxylic acids is 1. The third-order valence-corrected chi connectivity index (χ3v) is 4.27. The van der Waals surface area contributed by atoms with Gasteiger partial charge in [0.15, 0.2) is 0 Å². The second-order valence-corrected chi connectivity index (χ2v) is 6.14. The van der Waals surface area contributed by atoms with Crippen molar-refractivity contribution in [3.05, 3.63) is 16.5 Å². The maximum absolute atomic E-state index is 11.9. The Morgan fingerprint density at radius 1 is 1.33 bits per heavy atom. The first-order valence-corrected chi connectivity index (χ1v) is 7.96. The van der Waals surface area contributed by atoms with Crippen LogP contribution in [0, 0.1) is 6.92 Å². The number of thiophene rings is 1. The number of rotatable bonds is 9. The van der Waals surface area contributed by atoms with Crippen LogP contribution < -0.4 is 4.90 Å². The van der Waals surface area contributed by atoms with Gasteiger partial charge in [-0.1, -0.05) is 19.8 Å². The van der Waals surface area contributed by atoms with Crippen LogP contribution in [-0.4, -0.2) is 37.2 Å². The zero-order chi connectivity index (χ0) is 15.8. The number of nitrogens with zero attached hydrogens (tertiary/aromatic N) is 1. The number of methoxy groups -OCH3 is 1. The average molecular weight is 313 g/mol. The van der Waals surface area contributed by atoms with E-state index >= 15 is 0 Å². The van der Waals surface area contributed by atoms with Gasteiger partial charge >= 0.3 is 11.9 Å². The Labute approximate surface area is 129 Å². The molecule has 0 aliphatic rings. The van der Waals surface area contributed by atoms with E-state index in [1.807, 2.05) is 11.8 Å². The summed E-state index contributed by atoms with van der Waals surface area (Å²) in [6.45, 7) is 5.22. The third kappa shape index (κ3) is 5.38. The van der Waals surface area contributed by atoms with Crippen LogP contribution in [0.2, 0.25) is 0 Å². The van der Waals surface area contributed by atoms with Gasteiger partial charge in [0.05, 0.1) is 19.1 Å². The minimum Gasteiger partial charge on any atom is -0.481 e. The number of hydrogen-bond donors (Lipinski definition) is 1. The second kappa shape index (κ2) is 8.67. The van der Waals surface area contributed by atoms with Crippen molar-refractivity contribution < 1.29 is 19.4 Å². The topological polar surface area (TPSA) is 66.8 Å². The van der Waals surface area contributed by atoms with Crippen molar-refractivity contribution in [1.29, 1.82) is 0 Å². The van der Waals surface area contributed by atoms with E-state index in [4.69, 9.17) is 9.84 Å². The van der Waals surface area contributed by atoms with Gasteiger partial charge in [0, 0.05) is 18.0 Å². The fourth-order valence-electron chi connectivity index (χ4n) is 2.09. The number of aryl methyl sites for hydroxylation is 1. The fourth-order valence-corrected chi connectivity index (χ4v) is 3.14. The van der Waals surface area contributed by atoms with Crippen molar-refractivity contribution in [2.75, 3.05) is 25.1 Å². The number of carbonyl (C=O) groups is 2. The van der Waals surface area contributed by atoms with Gasteiger partial charge in [0.2, 0.25) is 0 Å². The molecule has 1 heterocycles. The molecule has 0 amide bonds. The number of carboxylic acid groups (broad SMARTS) is 1. The summed E-state index contributed by atoms with van der Waals surface area (Å²) >= 11 is 1.51. The molecule has 5 nitrogen and oxygen atoms in total. The second-order valence-electron chi connectivity index (χ2n) is 4.91. The van der Waals surface area contributed by atoms with Gasteiger partial charge in [-0.25, -0.2) is 4.79 Å². The molecule has 1 aromatic rings.